The van der Waals surface area contributed by atoms with Crippen LogP contribution in [0, 0.1) is 22.7 Å². The van der Waals surface area contributed by atoms with Crippen LogP contribution in [0.25, 0.3) is 82.5 Å². The van der Waals surface area contributed by atoms with Crippen LogP contribution in [0.3, 0.4) is 0 Å². The number of hydrogen-bond donors (Lipinski definition) is 0. The molecule has 0 atom stereocenters. The van der Waals surface area contributed by atoms with E-state index in [1.807, 2.05) is 36.4 Å². The molecular weight excluding hydrogens is 599 g/mol. The third-order valence-electron chi connectivity index (χ3n) is 9.87. The number of nitrogens with zero attached hydrogens (tertiary/aromatic N) is 5. The van der Waals surface area contributed by atoms with Gasteiger partial charge in [-0.2, -0.15) is 10.5 Å². The third-order valence-corrected chi connectivity index (χ3v) is 9.87. The number of para-hydroxylation sites is 4. The Labute approximate surface area is 280 Å². The van der Waals surface area contributed by atoms with E-state index in [9.17, 15) is 10.5 Å². The summed E-state index contributed by atoms with van der Waals surface area (Å²) in [5.41, 5.74) is 10.9. The van der Waals surface area contributed by atoms with Crippen molar-refractivity contribution in [1.29, 1.82) is 10.5 Å². The maximum Gasteiger partial charge on any atom is 0.0991 e. The highest BCUT2D eigenvalue weighted by Gasteiger charge is 2.21. The zero-order chi connectivity index (χ0) is 32.6. The molecule has 0 saturated heterocycles. The average molecular weight is 624 g/mol. The Bertz CT molecular complexity index is 3000. The number of hydrogen-bond acceptors (Lipinski definition) is 2. The van der Waals surface area contributed by atoms with Gasteiger partial charge in [0.2, 0.25) is 0 Å². The fourth-order valence-electron chi connectivity index (χ4n) is 7.83. The monoisotopic (exact) mass is 623 g/mol. The Kier molecular flexibility index (Phi) is 5.64. The second-order valence-corrected chi connectivity index (χ2v) is 12.4. The molecule has 7 aromatic carbocycles. The van der Waals surface area contributed by atoms with E-state index in [1.165, 1.54) is 21.7 Å². The second kappa shape index (κ2) is 10.2. The van der Waals surface area contributed by atoms with Crippen LogP contribution in [0.4, 0.5) is 0 Å². The van der Waals surface area contributed by atoms with Crippen molar-refractivity contribution in [3.63, 3.8) is 0 Å². The van der Waals surface area contributed by atoms with Crippen molar-refractivity contribution in [3.05, 3.63) is 163 Å². The zero-order valence-corrected chi connectivity index (χ0v) is 26.2. The lowest BCUT2D eigenvalue weighted by Crippen LogP contribution is -2.01. The molecule has 226 valence electrons. The van der Waals surface area contributed by atoms with Crippen molar-refractivity contribution >= 4 is 65.4 Å². The maximum atomic E-state index is 9.77. The standard InChI is InChI=1S/C44H25N5/c45-26-28-17-20-41-35(23-28)36-24-29(27-46)18-21-42(36)49(41)43-16-8-13-34-32-11-4-7-15-39(32)48(44(34)43)31-19-22-40-37(25-31)33-12-5-6-14-38(33)47(40)30-9-2-1-3-10-30/h1-25H. The fourth-order valence-corrected chi connectivity index (χ4v) is 7.83. The minimum absolute atomic E-state index is 0.587. The summed E-state index contributed by atoms with van der Waals surface area (Å²) in [7, 11) is 0. The van der Waals surface area contributed by atoms with Gasteiger partial charge in [0, 0.05) is 43.7 Å². The maximum absolute atomic E-state index is 9.77. The highest BCUT2D eigenvalue weighted by Crippen LogP contribution is 2.41. The highest BCUT2D eigenvalue weighted by molar-refractivity contribution is 6.16. The predicted octanol–water partition coefficient (Wildman–Crippen LogP) is 10.7. The first-order valence-electron chi connectivity index (χ1n) is 16.2. The van der Waals surface area contributed by atoms with Crippen LogP contribution in [0.1, 0.15) is 11.1 Å². The largest absolute Gasteiger partial charge is 0.309 e. The Morgan fingerprint density at radius 1 is 0.347 bits per heavy atom. The van der Waals surface area contributed by atoms with Crippen molar-refractivity contribution < 1.29 is 0 Å². The van der Waals surface area contributed by atoms with Crippen LogP contribution in [-0.2, 0) is 0 Å². The molecule has 0 spiro atoms. The van der Waals surface area contributed by atoms with E-state index in [4.69, 9.17) is 0 Å². The van der Waals surface area contributed by atoms with Crippen LogP contribution < -0.4 is 0 Å². The van der Waals surface area contributed by atoms with Gasteiger partial charge in [-0.1, -0.05) is 66.7 Å². The van der Waals surface area contributed by atoms with E-state index in [2.05, 4.69) is 141 Å². The van der Waals surface area contributed by atoms with Gasteiger partial charge in [0.15, 0.2) is 0 Å². The fraction of sp³-hybridized carbons (Fsp3) is 0. The van der Waals surface area contributed by atoms with Gasteiger partial charge in [0.1, 0.15) is 0 Å². The minimum atomic E-state index is 0.587. The normalized spacial score (nSPS) is 11.6. The highest BCUT2D eigenvalue weighted by atomic mass is 15.1. The topological polar surface area (TPSA) is 62.4 Å². The molecular formula is C44H25N5. The summed E-state index contributed by atoms with van der Waals surface area (Å²) in [6.07, 6.45) is 0. The van der Waals surface area contributed by atoms with Gasteiger partial charge in [-0.05, 0) is 84.9 Å². The van der Waals surface area contributed by atoms with Crippen molar-refractivity contribution in [2.45, 2.75) is 0 Å². The molecule has 0 radical (unpaired) electrons. The number of rotatable bonds is 3. The average Bonchev–Trinajstić information content (AvgIpc) is 3.80. The van der Waals surface area contributed by atoms with E-state index in [0.29, 0.717) is 11.1 Å². The lowest BCUT2D eigenvalue weighted by atomic mass is 10.1. The summed E-state index contributed by atoms with van der Waals surface area (Å²) in [5.74, 6) is 0. The lowest BCUT2D eigenvalue weighted by molar-refractivity contribution is 1.13. The SMILES string of the molecule is N#Cc1ccc2c(c1)c1cc(C#N)ccc1n2-c1cccc2c3ccccc3n(-c3ccc4c(c3)c3ccccc3n4-c3ccccc3)c12. The van der Waals surface area contributed by atoms with Crippen molar-refractivity contribution in [2.24, 2.45) is 0 Å². The Morgan fingerprint density at radius 2 is 0.857 bits per heavy atom. The molecule has 0 saturated carbocycles. The Morgan fingerprint density at radius 3 is 1.53 bits per heavy atom. The van der Waals surface area contributed by atoms with E-state index in [-0.39, 0.29) is 0 Å². The van der Waals surface area contributed by atoms with Gasteiger partial charge in [0.25, 0.3) is 0 Å². The summed E-state index contributed by atoms with van der Waals surface area (Å²) in [4.78, 5) is 0. The first kappa shape index (κ1) is 27.1. The number of benzene rings is 7. The lowest BCUT2D eigenvalue weighted by Gasteiger charge is -2.15. The van der Waals surface area contributed by atoms with Gasteiger partial charge in [-0.25, -0.2) is 0 Å². The van der Waals surface area contributed by atoms with Crippen LogP contribution >= 0.6 is 0 Å². The van der Waals surface area contributed by atoms with Gasteiger partial charge in [-0.3, -0.25) is 0 Å². The van der Waals surface area contributed by atoms with Crippen molar-refractivity contribution in [2.75, 3.05) is 0 Å². The van der Waals surface area contributed by atoms with Crippen molar-refractivity contribution in [1.82, 2.24) is 13.7 Å². The molecule has 0 unspecified atom stereocenters. The minimum Gasteiger partial charge on any atom is -0.309 e. The van der Waals surface area contributed by atoms with Crippen LogP contribution in [0.5, 0.6) is 0 Å². The van der Waals surface area contributed by atoms with Crippen LogP contribution in [-0.4, -0.2) is 13.7 Å². The van der Waals surface area contributed by atoms with Crippen LogP contribution in [0.2, 0.25) is 0 Å². The first-order chi connectivity index (χ1) is 24.2. The van der Waals surface area contributed by atoms with Gasteiger partial charge < -0.3 is 13.7 Å². The molecule has 0 fully saturated rings. The summed E-state index contributed by atoms with van der Waals surface area (Å²) < 4.78 is 7.01. The number of nitriles is 2. The molecule has 49 heavy (non-hydrogen) atoms. The van der Waals surface area contributed by atoms with Crippen molar-refractivity contribution in [3.8, 4) is 29.2 Å². The summed E-state index contributed by atoms with van der Waals surface area (Å²) >= 11 is 0. The molecule has 0 aliphatic carbocycles. The molecule has 10 aromatic rings. The first-order valence-corrected chi connectivity index (χ1v) is 16.2. The third kappa shape index (κ3) is 3.79. The molecule has 0 amide bonds. The summed E-state index contributed by atoms with van der Waals surface area (Å²) in [5, 5.41) is 26.1. The second-order valence-electron chi connectivity index (χ2n) is 12.4. The van der Waals surface area contributed by atoms with Crippen LogP contribution in [0.15, 0.2) is 152 Å². The smallest absolute Gasteiger partial charge is 0.0991 e. The Balaban J connectivity index is 1.33. The van der Waals surface area contributed by atoms with Gasteiger partial charge in [-0.15, -0.1) is 0 Å². The summed E-state index contributed by atoms with van der Waals surface area (Å²) in [6, 6.07) is 57.3. The predicted molar refractivity (Wildman–Crippen MR) is 199 cm³/mol. The molecule has 0 bridgehead atoms. The molecule has 3 heterocycles. The van der Waals surface area contributed by atoms with Gasteiger partial charge in [0.05, 0.1) is 62.1 Å². The zero-order valence-electron chi connectivity index (χ0n) is 26.2. The number of fused-ring (bicyclic) bond motifs is 9. The molecule has 0 aliphatic heterocycles. The molecule has 10 rings (SSSR count). The Hall–Kier alpha value is -7.08. The van der Waals surface area contributed by atoms with E-state index in [1.54, 1.807) is 0 Å². The van der Waals surface area contributed by atoms with E-state index < -0.39 is 0 Å². The van der Waals surface area contributed by atoms with Gasteiger partial charge >= 0.3 is 0 Å². The molecule has 0 aliphatic rings. The molecule has 3 aromatic heterocycles. The molecule has 5 heteroatoms. The number of aromatic nitrogens is 3. The quantitative estimate of drug-likeness (QED) is 0.197. The molecule has 0 N–H and O–H groups in total. The molecule has 5 nitrogen and oxygen atoms in total. The van der Waals surface area contributed by atoms with E-state index in [0.717, 1.165) is 60.8 Å². The van der Waals surface area contributed by atoms with E-state index >= 15 is 0 Å². The summed E-state index contributed by atoms with van der Waals surface area (Å²) in [6.45, 7) is 0.